The second-order valence-corrected chi connectivity index (χ2v) is 9.40. The lowest BCUT2D eigenvalue weighted by Gasteiger charge is -2.18. The lowest BCUT2D eigenvalue weighted by atomic mass is 10.1. The van der Waals surface area contributed by atoms with Gasteiger partial charge in [-0.25, -0.2) is 9.78 Å². The molecule has 3 aromatic rings. The number of rotatable bonds is 9. The standard InChI is InChI=1S/C24H34N4O4/c1-15(2)10-26-14-25-22-21(26)23(30)28(24(31)27(22)11-16(3)4)12-19(29)13-32-20-9-17(5)7-8-18(20)6/h7-9,14-16,19,29H,10-13H2,1-6H3. The summed E-state index contributed by atoms with van der Waals surface area (Å²) in [5.41, 5.74) is 1.90. The molecule has 0 amide bonds. The predicted octanol–water partition coefficient (Wildman–Crippen LogP) is 2.73. The molecular weight excluding hydrogens is 408 g/mol. The van der Waals surface area contributed by atoms with Crippen molar-refractivity contribution in [3.63, 3.8) is 0 Å². The summed E-state index contributed by atoms with van der Waals surface area (Å²) in [6.07, 6.45) is 0.596. The first-order valence-corrected chi connectivity index (χ1v) is 11.1. The molecule has 0 radical (unpaired) electrons. The summed E-state index contributed by atoms with van der Waals surface area (Å²) in [6, 6.07) is 5.85. The molecule has 8 heteroatoms. The van der Waals surface area contributed by atoms with Crippen molar-refractivity contribution in [2.24, 2.45) is 11.8 Å². The maximum Gasteiger partial charge on any atom is 0.332 e. The van der Waals surface area contributed by atoms with E-state index in [1.807, 2.05) is 45.9 Å². The first-order chi connectivity index (χ1) is 15.1. The van der Waals surface area contributed by atoms with E-state index in [1.54, 1.807) is 10.9 Å². The highest BCUT2D eigenvalue weighted by molar-refractivity contribution is 5.70. The SMILES string of the molecule is Cc1ccc(C)c(OCC(O)Cn2c(=O)c3c(ncn3CC(C)C)n(CC(C)C)c2=O)c1. The minimum Gasteiger partial charge on any atom is -0.491 e. The maximum absolute atomic E-state index is 13.3. The normalized spacial score (nSPS) is 12.8. The number of nitrogens with zero attached hydrogens (tertiary/aromatic N) is 4. The Bertz CT molecular complexity index is 1200. The molecule has 0 aliphatic carbocycles. The van der Waals surface area contributed by atoms with Crippen molar-refractivity contribution in [2.75, 3.05) is 6.61 Å². The molecule has 1 aromatic carbocycles. The highest BCUT2D eigenvalue weighted by Crippen LogP contribution is 2.19. The summed E-state index contributed by atoms with van der Waals surface area (Å²) < 4.78 is 10.2. The van der Waals surface area contributed by atoms with Crippen molar-refractivity contribution in [1.29, 1.82) is 0 Å². The number of aliphatic hydroxyl groups is 1. The lowest BCUT2D eigenvalue weighted by Crippen LogP contribution is -2.44. The largest absolute Gasteiger partial charge is 0.491 e. The van der Waals surface area contributed by atoms with Crippen LogP contribution in [-0.2, 0) is 19.6 Å². The Morgan fingerprint density at radius 3 is 2.34 bits per heavy atom. The molecule has 0 aliphatic heterocycles. The number of imidazole rings is 1. The van der Waals surface area contributed by atoms with E-state index in [2.05, 4.69) is 18.8 Å². The van der Waals surface area contributed by atoms with Gasteiger partial charge in [0.15, 0.2) is 11.2 Å². The highest BCUT2D eigenvalue weighted by Gasteiger charge is 2.21. The van der Waals surface area contributed by atoms with Gasteiger partial charge in [0.25, 0.3) is 5.56 Å². The van der Waals surface area contributed by atoms with Gasteiger partial charge >= 0.3 is 5.69 Å². The Balaban J connectivity index is 1.96. The van der Waals surface area contributed by atoms with Gasteiger partial charge in [-0.2, -0.15) is 0 Å². The average molecular weight is 443 g/mol. The lowest BCUT2D eigenvalue weighted by molar-refractivity contribution is 0.0897. The van der Waals surface area contributed by atoms with E-state index in [4.69, 9.17) is 4.74 Å². The number of aliphatic hydroxyl groups excluding tert-OH is 1. The van der Waals surface area contributed by atoms with Crippen LogP contribution in [0.3, 0.4) is 0 Å². The van der Waals surface area contributed by atoms with Gasteiger partial charge in [-0.1, -0.05) is 39.8 Å². The number of benzene rings is 1. The fourth-order valence-corrected chi connectivity index (χ4v) is 3.77. The highest BCUT2D eigenvalue weighted by atomic mass is 16.5. The molecule has 174 valence electrons. The van der Waals surface area contributed by atoms with Gasteiger partial charge in [-0.15, -0.1) is 0 Å². The number of aryl methyl sites for hydroxylation is 2. The molecule has 32 heavy (non-hydrogen) atoms. The summed E-state index contributed by atoms with van der Waals surface area (Å²) >= 11 is 0. The average Bonchev–Trinajstić information content (AvgIpc) is 3.12. The van der Waals surface area contributed by atoms with Crippen LogP contribution in [-0.4, -0.2) is 36.5 Å². The van der Waals surface area contributed by atoms with Gasteiger partial charge in [0.05, 0.1) is 12.9 Å². The Hall–Kier alpha value is -2.87. The third-order valence-electron chi connectivity index (χ3n) is 5.26. The van der Waals surface area contributed by atoms with Crippen molar-refractivity contribution in [3.05, 3.63) is 56.5 Å². The fraction of sp³-hybridized carbons (Fsp3) is 0.542. The molecule has 0 saturated heterocycles. The van der Waals surface area contributed by atoms with E-state index in [0.717, 1.165) is 15.7 Å². The number of hydrogen-bond donors (Lipinski definition) is 1. The first-order valence-electron chi connectivity index (χ1n) is 11.1. The smallest absolute Gasteiger partial charge is 0.332 e. The van der Waals surface area contributed by atoms with Crippen molar-refractivity contribution < 1.29 is 9.84 Å². The zero-order valence-corrected chi connectivity index (χ0v) is 19.8. The Labute approximate surface area is 188 Å². The minimum absolute atomic E-state index is 0.0242. The van der Waals surface area contributed by atoms with E-state index >= 15 is 0 Å². The van der Waals surface area contributed by atoms with Crippen molar-refractivity contribution >= 4 is 11.2 Å². The predicted molar refractivity (Wildman–Crippen MR) is 125 cm³/mol. The molecule has 0 aliphatic rings. The maximum atomic E-state index is 13.3. The minimum atomic E-state index is -1.02. The summed E-state index contributed by atoms with van der Waals surface area (Å²) in [4.78, 5) is 30.9. The van der Waals surface area contributed by atoms with Gasteiger partial charge in [0.1, 0.15) is 18.5 Å². The molecule has 0 spiro atoms. The zero-order valence-electron chi connectivity index (χ0n) is 19.8. The van der Waals surface area contributed by atoms with Crippen LogP contribution in [0.2, 0.25) is 0 Å². The fourth-order valence-electron chi connectivity index (χ4n) is 3.77. The second-order valence-electron chi connectivity index (χ2n) is 9.40. The third-order valence-corrected chi connectivity index (χ3v) is 5.26. The molecule has 1 N–H and O–H groups in total. The van der Waals surface area contributed by atoms with Crippen LogP contribution in [0.4, 0.5) is 0 Å². The Morgan fingerprint density at radius 2 is 1.69 bits per heavy atom. The van der Waals surface area contributed by atoms with Gasteiger partial charge in [0, 0.05) is 13.1 Å². The molecular formula is C24H34N4O4. The number of fused-ring (bicyclic) bond motifs is 1. The molecule has 0 bridgehead atoms. The van der Waals surface area contributed by atoms with Crippen LogP contribution in [0.15, 0.2) is 34.1 Å². The second kappa shape index (κ2) is 9.73. The third kappa shape index (κ3) is 5.12. The quantitative estimate of drug-likeness (QED) is 0.550. The van der Waals surface area contributed by atoms with Gasteiger partial charge < -0.3 is 14.4 Å². The number of ether oxygens (including phenoxy) is 1. The molecule has 0 saturated carbocycles. The summed E-state index contributed by atoms with van der Waals surface area (Å²) in [5.74, 6) is 1.18. The van der Waals surface area contributed by atoms with Crippen LogP contribution in [0.5, 0.6) is 5.75 Å². The van der Waals surface area contributed by atoms with E-state index in [0.29, 0.717) is 35.9 Å². The molecule has 1 unspecified atom stereocenters. The van der Waals surface area contributed by atoms with Crippen molar-refractivity contribution in [1.82, 2.24) is 18.7 Å². The zero-order chi connectivity index (χ0) is 23.6. The van der Waals surface area contributed by atoms with Crippen molar-refractivity contribution in [2.45, 2.75) is 67.3 Å². The van der Waals surface area contributed by atoms with E-state index in [9.17, 15) is 14.7 Å². The Kier molecular flexibility index (Phi) is 7.23. The van der Waals surface area contributed by atoms with Crippen LogP contribution in [0.1, 0.15) is 38.8 Å². The van der Waals surface area contributed by atoms with Crippen molar-refractivity contribution in [3.8, 4) is 5.75 Å². The number of hydrogen-bond acceptors (Lipinski definition) is 5. The summed E-state index contributed by atoms with van der Waals surface area (Å²) in [7, 11) is 0. The van der Waals surface area contributed by atoms with Gasteiger partial charge in [0.2, 0.25) is 0 Å². The van der Waals surface area contributed by atoms with Gasteiger partial charge in [-0.05, 0) is 42.9 Å². The summed E-state index contributed by atoms with van der Waals surface area (Å²) in [5, 5.41) is 10.6. The molecule has 8 nitrogen and oxygen atoms in total. The molecule has 2 heterocycles. The molecule has 1 atom stereocenters. The van der Waals surface area contributed by atoms with Crippen LogP contribution in [0, 0.1) is 25.7 Å². The molecule has 3 rings (SSSR count). The van der Waals surface area contributed by atoms with E-state index < -0.39 is 17.4 Å². The van der Waals surface area contributed by atoms with E-state index in [1.165, 1.54) is 4.57 Å². The molecule has 2 aromatic heterocycles. The van der Waals surface area contributed by atoms with Crippen LogP contribution >= 0.6 is 0 Å². The Morgan fingerprint density at radius 1 is 1.00 bits per heavy atom. The summed E-state index contributed by atoms with van der Waals surface area (Å²) in [6.45, 7) is 12.9. The van der Waals surface area contributed by atoms with Gasteiger partial charge in [-0.3, -0.25) is 13.9 Å². The van der Waals surface area contributed by atoms with E-state index in [-0.39, 0.29) is 19.1 Å². The number of aromatic nitrogens is 4. The topological polar surface area (TPSA) is 91.3 Å². The monoisotopic (exact) mass is 442 g/mol. The van der Waals surface area contributed by atoms with Crippen LogP contribution < -0.4 is 16.0 Å². The molecule has 0 fully saturated rings. The van der Waals surface area contributed by atoms with Crippen LogP contribution in [0.25, 0.3) is 11.2 Å². The first kappa shape index (κ1) is 23.8.